The average molecular weight is 345 g/mol. The van der Waals surface area contributed by atoms with Crippen LogP contribution in [0.1, 0.15) is 24.2 Å². The lowest BCUT2D eigenvalue weighted by Crippen LogP contribution is -2.28. The van der Waals surface area contributed by atoms with E-state index < -0.39 is 11.6 Å². The van der Waals surface area contributed by atoms with Crippen molar-refractivity contribution in [1.29, 1.82) is 0 Å². The van der Waals surface area contributed by atoms with E-state index in [1.165, 1.54) is 18.3 Å². The number of benzene rings is 1. The van der Waals surface area contributed by atoms with Crippen molar-refractivity contribution in [2.45, 2.75) is 32.0 Å². The molecule has 130 valence electrons. The maximum Gasteiger partial charge on any atom is 0.262 e. The molecule has 0 saturated heterocycles. The van der Waals surface area contributed by atoms with E-state index in [9.17, 15) is 13.6 Å². The summed E-state index contributed by atoms with van der Waals surface area (Å²) in [7, 11) is 1.73. The third-order valence-electron chi connectivity index (χ3n) is 4.46. The predicted molar refractivity (Wildman–Crippen MR) is 87.8 cm³/mol. The van der Waals surface area contributed by atoms with Crippen LogP contribution in [0.5, 0.6) is 0 Å². The number of aryl methyl sites for hydroxylation is 1. The number of nitrogens with one attached hydrogen (secondary N) is 1. The van der Waals surface area contributed by atoms with Gasteiger partial charge in [0.2, 0.25) is 0 Å². The number of hydrogen-bond acceptors (Lipinski definition) is 4. The van der Waals surface area contributed by atoms with Gasteiger partial charge >= 0.3 is 0 Å². The van der Waals surface area contributed by atoms with Crippen molar-refractivity contribution < 1.29 is 8.78 Å². The molecule has 0 spiro atoms. The number of H-pyrrole nitrogens is 1. The first-order valence-corrected chi connectivity index (χ1v) is 8.10. The molecular formula is C17H17F2N5O. The Morgan fingerprint density at radius 1 is 1.32 bits per heavy atom. The van der Waals surface area contributed by atoms with Crippen molar-refractivity contribution in [1.82, 2.24) is 24.6 Å². The van der Waals surface area contributed by atoms with E-state index >= 15 is 0 Å². The Hall–Kier alpha value is -2.61. The van der Waals surface area contributed by atoms with Gasteiger partial charge in [0.05, 0.1) is 12.7 Å². The van der Waals surface area contributed by atoms with Crippen molar-refractivity contribution in [3.05, 3.63) is 57.8 Å². The van der Waals surface area contributed by atoms with Crippen LogP contribution in [0.4, 0.5) is 8.78 Å². The lowest BCUT2D eigenvalue weighted by molar-refractivity contribution is 0.236. The number of hydrogen-bond donors (Lipinski definition) is 1. The first kappa shape index (κ1) is 15.9. The van der Waals surface area contributed by atoms with Gasteiger partial charge in [-0.25, -0.2) is 13.8 Å². The molecule has 4 rings (SSSR count). The van der Waals surface area contributed by atoms with E-state index in [2.05, 4.69) is 20.0 Å². The molecular weight excluding hydrogens is 328 g/mol. The van der Waals surface area contributed by atoms with E-state index in [1.54, 1.807) is 11.7 Å². The monoisotopic (exact) mass is 345 g/mol. The molecule has 25 heavy (non-hydrogen) atoms. The van der Waals surface area contributed by atoms with Crippen LogP contribution in [0.25, 0.3) is 11.0 Å². The Bertz CT molecular complexity index is 992. The summed E-state index contributed by atoms with van der Waals surface area (Å²) in [4.78, 5) is 21.5. The maximum atomic E-state index is 14.0. The second-order valence-electron chi connectivity index (χ2n) is 6.39. The molecule has 0 bridgehead atoms. The summed E-state index contributed by atoms with van der Waals surface area (Å²) in [6.07, 6.45) is 3.51. The Labute approximate surface area is 142 Å². The number of aromatic nitrogens is 4. The minimum atomic E-state index is -0.591. The van der Waals surface area contributed by atoms with Crippen molar-refractivity contribution >= 4 is 11.0 Å². The van der Waals surface area contributed by atoms with Gasteiger partial charge in [-0.15, -0.1) is 0 Å². The van der Waals surface area contributed by atoms with Crippen LogP contribution in [-0.2, 0) is 20.1 Å². The van der Waals surface area contributed by atoms with E-state index in [4.69, 9.17) is 0 Å². The number of nitrogens with zero attached hydrogens (tertiary/aromatic N) is 4. The molecule has 0 unspecified atom stereocenters. The number of halogens is 2. The Morgan fingerprint density at radius 2 is 2.12 bits per heavy atom. The zero-order valence-electron chi connectivity index (χ0n) is 13.7. The molecule has 6 nitrogen and oxygen atoms in total. The summed E-state index contributed by atoms with van der Waals surface area (Å²) < 4.78 is 28.6. The van der Waals surface area contributed by atoms with Crippen LogP contribution < -0.4 is 5.56 Å². The highest BCUT2D eigenvalue weighted by Gasteiger charge is 2.30. The van der Waals surface area contributed by atoms with Gasteiger partial charge in [0, 0.05) is 31.3 Å². The molecule has 1 aromatic carbocycles. The quantitative estimate of drug-likeness (QED) is 0.769. The molecule has 0 radical (unpaired) electrons. The van der Waals surface area contributed by atoms with Gasteiger partial charge in [-0.1, -0.05) is 6.07 Å². The van der Waals surface area contributed by atoms with Gasteiger partial charge in [-0.05, 0) is 18.9 Å². The second-order valence-corrected chi connectivity index (χ2v) is 6.39. The van der Waals surface area contributed by atoms with E-state index in [-0.39, 0.29) is 5.56 Å². The van der Waals surface area contributed by atoms with Gasteiger partial charge < -0.3 is 4.98 Å². The van der Waals surface area contributed by atoms with Crippen LogP contribution in [0, 0.1) is 11.6 Å². The minimum Gasteiger partial charge on any atom is -0.309 e. The van der Waals surface area contributed by atoms with Gasteiger partial charge in [-0.3, -0.25) is 14.4 Å². The summed E-state index contributed by atoms with van der Waals surface area (Å²) in [5, 5.41) is 4.49. The number of aromatic amines is 1. The van der Waals surface area contributed by atoms with E-state index in [0.29, 0.717) is 41.6 Å². The van der Waals surface area contributed by atoms with Crippen molar-refractivity contribution in [3.8, 4) is 0 Å². The molecule has 1 N–H and O–H groups in total. The first-order valence-electron chi connectivity index (χ1n) is 8.10. The first-order chi connectivity index (χ1) is 12.0. The van der Waals surface area contributed by atoms with Gasteiger partial charge in [-0.2, -0.15) is 5.10 Å². The smallest absolute Gasteiger partial charge is 0.262 e. The Kier molecular flexibility index (Phi) is 3.84. The van der Waals surface area contributed by atoms with Crippen LogP contribution in [0.3, 0.4) is 0 Å². The number of rotatable bonds is 5. The average Bonchev–Trinajstić information content (AvgIpc) is 3.34. The molecule has 1 aliphatic rings. The van der Waals surface area contributed by atoms with Crippen molar-refractivity contribution in [3.63, 3.8) is 0 Å². The summed E-state index contributed by atoms with van der Waals surface area (Å²) in [6.45, 7) is 0.724. The van der Waals surface area contributed by atoms with Crippen molar-refractivity contribution in [2.75, 3.05) is 0 Å². The maximum absolute atomic E-state index is 14.0. The lowest BCUT2D eigenvalue weighted by Gasteiger charge is -2.21. The van der Waals surface area contributed by atoms with Crippen LogP contribution in [0.2, 0.25) is 0 Å². The Balaban J connectivity index is 1.62. The zero-order valence-corrected chi connectivity index (χ0v) is 13.7. The normalized spacial score (nSPS) is 14.6. The van der Waals surface area contributed by atoms with E-state index in [0.717, 1.165) is 18.9 Å². The molecule has 3 aromatic rings. The molecule has 8 heteroatoms. The highest BCUT2D eigenvalue weighted by molar-refractivity contribution is 5.72. The fraction of sp³-hybridized carbons (Fsp3) is 0.353. The third kappa shape index (κ3) is 3.17. The fourth-order valence-corrected chi connectivity index (χ4v) is 2.97. The SMILES string of the molecule is Cn1ncc2c(=O)[nH]c(CN(Cc3ccc(F)cc3F)C3CC3)nc21. The lowest BCUT2D eigenvalue weighted by atomic mass is 10.2. The van der Waals surface area contributed by atoms with Gasteiger partial charge in [0.1, 0.15) is 22.8 Å². The standard InChI is InChI=1S/C17H17F2N5O/c1-23-16-13(7-20-23)17(25)22-15(21-16)9-24(12-4-5-12)8-10-2-3-11(18)6-14(10)19/h2-3,6-7,12H,4-5,8-9H2,1H3,(H,21,22,25). The molecule has 0 atom stereocenters. The zero-order chi connectivity index (χ0) is 17.6. The fourth-order valence-electron chi connectivity index (χ4n) is 2.97. The Morgan fingerprint density at radius 3 is 2.84 bits per heavy atom. The van der Waals surface area contributed by atoms with Gasteiger partial charge in [0.15, 0.2) is 5.65 Å². The molecule has 1 saturated carbocycles. The van der Waals surface area contributed by atoms with Crippen LogP contribution >= 0.6 is 0 Å². The third-order valence-corrected chi connectivity index (χ3v) is 4.46. The largest absolute Gasteiger partial charge is 0.309 e. The predicted octanol–water partition coefficient (Wildman–Crippen LogP) is 2.10. The van der Waals surface area contributed by atoms with Crippen LogP contribution in [-0.4, -0.2) is 30.7 Å². The highest BCUT2D eigenvalue weighted by atomic mass is 19.1. The van der Waals surface area contributed by atoms with Gasteiger partial charge in [0.25, 0.3) is 5.56 Å². The molecule has 0 aliphatic heterocycles. The molecule has 2 heterocycles. The van der Waals surface area contributed by atoms with Crippen molar-refractivity contribution in [2.24, 2.45) is 7.05 Å². The number of fused-ring (bicyclic) bond motifs is 1. The molecule has 1 fully saturated rings. The summed E-state index contributed by atoms with van der Waals surface area (Å²) in [5.41, 5.74) is 0.705. The second kappa shape index (κ2) is 6.03. The molecule has 1 aliphatic carbocycles. The minimum absolute atomic E-state index is 0.239. The summed E-state index contributed by atoms with van der Waals surface area (Å²) in [6, 6.07) is 3.92. The highest BCUT2D eigenvalue weighted by Crippen LogP contribution is 2.30. The van der Waals surface area contributed by atoms with E-state index in [1.807, 2.05) is 0 Å². The van der Waals surface area contributed by atoms with Crippen LogP contribution in [0.15, 0.2) is 29.2 Å². The molecule has 0 amide bonds. The topological polar surface area (TPSA) is 66.8 Å². The summed E-state index contributed by atoms with van der Waals surface area (Å²) >= 11 is 0. The molecule has 2 aromatic heterocycles. The summed E-state index contributed by atoms with van der Waals surface area (Å²) in [5.74, 6) is -0.642.